The first-order chi connectivity index (χ1) is 33.3. The summed E-state index contributed by atoms with van der Waals surface area (Å²) < 4.78 is 2.56. The predicted octanol–water partition coefficient (Wildman–Crippen LogP) is 17.3. The molecular weight excluding hydrogens is 821 g/mol. The topological polar surface area (TPSA) is 8.17 Å². The van der Waals surface area contributed by atoms with E-state index in [1.165, 1.54) is 121 Å². The van der Waals surface area contributed by atoms with Crippen LogP contribution in [0, 0.1) is 13.8 Å². The van der Waals surface area contributed by atoms with Crippen LogP contribution >= 0.6 is 0 Å². The van der Waals surface area contributed by atoms with Crippen molar-refractivity contribution in [2.45, 2.75) is 38.5 Å². The summed E-state index contributed by atoms with van der Waals surface area (Å²) in [5.74, 6) is 0. The minimum absolute atomic E-state index is 0.114. The lowest BCUT2D eigenvalue weighted by Crippen LogP contribution is -2.28. The number of rotatable bonds is 6. The van der Waals surface area contributed by atoms with Crippen LogP contribution in [-0.2, 0) is 10.8 Å². The Morgan fingerprint density at radius 3 is 1.69 bits per heavy atom. The number of fused-ring (bicyclic) bond motifs is 8. The predicted molar refractivity (Wildman–Crippen MR) is 286 cm³/mol. The van der Waals surface area contributed by atoms with Crippen molar-refractivity contribution in [2.75, 3.05) is 4.90 Å². The number of aromatic nitrogens is 1. The molecule has 14 rings (SSSR count). The van der Waals surface area contributed by atoms with Crippen molar-refractivity contribution in [3.63, 3.8) is 0 Å². The van der Waals surface area contributed by atoms with Gasteiger partial charge in [-0.25, -0.2) is 0 Å². The second kappa shape index (κ2) is 14.2. The third kappa shape index (κ3) is 5.12. The fourth-order valence-electron chi connectivity index (χ4n) is 12.8. The Hall–Kier alpha value is -8.20. The summed E-state index contributed by atoms with van der Waals surface area (Å²) >= 11 is 0. The van der Waals surface area contributed by atoms with E-state index >= 15 is 0 Å². The molecule has 11 aromatic carbocycles. The summed E-state index contributed by atoms with van der Waals surface area (Å²) in [4.78, 5) is 2.48. The van der Waals surface area contributed by atoms with Crippen LogP contribution in [0.2, 0.25) is 0 Å². The number of hydrogen-bond donors (Lipinski definition) is 0. The fraction of sp³-hybridized carbons (Fsp3) is 0.0909. The second-order valence-electron chi connectivity index (χ2n) is 19.7. The Morgan fingerprint density at radius 1 is 0.397 bits per heavy atom. The maximum atomic E-state index is 2.56. The number of para-hydroxylation sites is 1. The molecular formula is C66H48N2. The normalized spacial score (nSPS) is 14.1. The van der Waals surface area contributed by atoms with Gasteiger partial charge >= 0.3 is 0 Å². The Labute approximate surface area is 397 Å². The molecule has 2 aliphatic carbocycles. The molecule has 0 saturated heterocycles. The van der Waals surface area contributed by atoms with Gasteiger partial charge in [0.25, 0.3) is 0 Å². The van der Waals surface area contributed by atoms with Crippen LogP contribution in [0.15, 0.2) is 218 Å². The van der Waals surface area contributed by atoms with Crippen LogP contribution in [0.25, 0.3) is 71.2 Å². The minimum Gasteiger partial charge on any atom is -0.313 e. The maximum absolute atomic E-state index is 2.56. The van der Waals surface area contributed by atoms with Gasteiger partial charge in [0.2, 0.25) is 0 Å². The van der Waals surface area contributed by atoms with Gasteiger partial charge in [-0.2, -0.15) is 0 Å². The molecule has 1 aromatic heterocycles. The average Bonchev–Trinajstić information content (AvgIpc) is 3.92. The van der Waals surface area contributed by atoms with E-state index in [2.05, 4.69) is 256 Å². The molecule has 12 aromatic rings. The highest BCUT2D eigenvalue weighted by Crippen LogP contribution is 2.57. The lowest BCUT2D eigenvalue weighted by Gasteiger charge is -2.34. The minimum atomic E-state index is -0.484. The highest BCUT2D eigenvalue weighted by atomic mass is 15.1. The van der Waals surface area contributed by atoms with E-state index in [1.807, 2.05) is 0 Å². The van der Waals surface area contributed by atoms with Crippen molar-refractivity contribution in [2.24, 2.45) is 0 Å². The highest BCUT2D eigenvalue weighted by Gasteiger charge is 2.46. The smallest absolute Gasteiger partial charge is 0.0714 e. The molecule has 0 aliphatic heterocycles. The van der Waals surface area contributed by atoms with E-state index in [-0.39, 0.29) is 5.41 Å². The largest absolute Gasteiger partial charge is 0.313 e. The lowest BCUT2D eigenvalue weighted by atomic mass is 9.67. The molecule has 322 valence electrons. The summed E-state index contributed by atoms with van der Waals surface area (Å²) in [7, 11) is 0. The van der Waals surface area contributed by atoms with E-state index in [9.17, 15) is 0 Å². The number of benzene rings is 11. The van der Waals surface area contributed by atoms with Gasteiger partial charge in [-0.05, 0) is 145 Å². The third-order valence-electron chi connectivity index (χ3n) is 16.0. The fourth-order valence-corrected chi connectivity index (χ4v) is 12.8. The monoisotopic (exact) mass is 868 g/mol. The first-order valence-corrected chi connectivity index (χ1v) is 24.0. The van der Waals surface area contributed by atoms with E-state index in [0.29, 0.717) is 0 Å². The van der Waals surface area contributed by atoms with Gasteiger partial charge < -0.3 is 9.47 Å². The highest BCUT2D eigenvalue weighted by molar-refractivity contribution is 6.31. The van der Waals surface area contributed by atoms with E-state index in [4.69, 9.17) is 0 Å². The number of anilines is 3. The summed E-state index contributed by atoms with van der Waals surface area (Å²) in [5, 5.41) is 8.93. The van der Waals surface area contributed by atoms with Crippen LogP contribution in [0.1, 0.15) is 58.5 Å². The summed E-state index contributed by atoms with van der Waals surface area (Å²) in [6, 6.07) is 82.1. The Bertz CT molecular complexity index is 3970. The standard InChI is InChI=1S/C66H48N2/c1-41-42(2)67(48-31-36-53-51-25-15-17-27-58(51)66(60(53)40-48,45-18-8-5-9-19-45)46-20-10-6-11-21-46)64-55-34-28-43-30-37-61(54-33-29-44(38-56(41)64)63(55)62(43)54)68(47-22-12-7-13-23-47)49-32-35-52-50-24-14-16-26-57(50)65(3,4)59(52)39-49/h5-40H,1-4H3. The van der Waals surface area contributed by atoms with Gasteiger partial charge in [0.1, 0.15) is 0 Å². The van der Waals surface area contributed by atoms with Gasteiger partial charge in [0.15, 0.2) is 0 Å². The summed E-state index contributed by atoms with van der Waals surface area (Å²) in [6.45, 7) is 9.35. The van der Waals surface area contributed by atoms with Crippen LogP contribution in [0.4, 0.5) is 17.1 Å². The van der Waals surface area contributed by atoms with Gasteiger partial charge in [-0.1, -0.05) is 184 Å². The zero-order valence-corrected chi connectivity index (χ0v) is 38.7. The molecule has 0 saturated carbocycles. The quantitative estimate of drug-likeness (QED) is 0.151. The molecule has 2 heteroatoms. The van der Waals surface area contributed by atoms with Crippen LogP contribution in [0.5, 0.6) is 0 Å². The van der Waals surface area contributed by atoms with Crippen molar-refractivity contribution < 1.29 is 0 Å². The number of hydrogen-bond acceptors (Lipinski definition) is 1. The molecule has 1 heterocycles. The molecule has 0 N–H and O–H groups in total. The van der Waals surface area contributed by atoms with Gasteiger partial charge in [0, 0.05) is 44.3 Å². The zero-order chi connectivity index (χ0) is 45.5. The van der Waals surface area contributed by atoms with Gasteiger partial charge in [0.05, 0.1) is 16.6 Å². The lowest BCUT2D eigenvalue weighted by molar-refractivity contribution is 0.660. The molecule has 68 heavy (non-hydrogen) atoms. The Morgan fingerprint density at radius 2 is 0.956 bits per heavy atom. The zero-order valence-electron chi connectivity index (χ0n) is 38.7. The Balaban J connectivity index is 1.01. The molecule has 0 bridgehead atoms. The number of aryl methyl sites for hydroxylation is 1. The van der Waals surface area contributed by atoms with E-state index in [1.54, 1.807) is 0 Å². The van der Waals surface area contributed by atoms with Crippen molar-refractivity contribution >= 4 is 60.3 Å². The molecule has 2 nitrogen and oxygen atoms in total. The van der Waals surface area contributed by atoms with Crippen molar-refractivity contribution in [3.8, 4) is 27.9 Å². The molecule has 0 spiro atoms. The average molecular weight is 869 g/mol. The van der Waals surface area contributed by atoms with Crippen molar-refractivity contribution in [3.05, 3.63) is 263 Å². The van der Waals surface area contributed by atoms with Gasteiger partial charge in [-0.3, -0.25) is 0 Å². The SMILES string of the molecule is Cc1c(C)n(-c2ccc3c(c2)C(c2ccccc2)(c2ccccc2)c2ccccc2-3)c2c1cc1ccc3c(N(c4ccccc4)c4ccc5c(c4)C(C)(C)c4ccccc4-5)ccc4ccc2c1c43. The Kier molecular flexibility index (Phi) is 8.12. The second-order valence-corrected chi connectivity index (χ2v) is 19.7. The molecule has 0 fully saturated rings. The molecule has 0 radical (unpaired) electrons. The molecule has 0 atom stereocenters. The van der Waals surface area contributed by atoms with Crippen molar-refractivity contribution in [1.29, 1.82) is 0 Å². The van der Waals surface area contributed by atoms with E-state index < -0.39 is 5.41 Å². The first-order valence-electron chi connectivity index (χ1n) is 24.0. The van der Waals surface area contributed by atoms with Gasteiger partial charge in [-0.15, -0.1) is 0 Å². The summed E-state index contributed by atoms with van der Waals surface area (Å²) in [6.07, 6.45) is 0. The van der Waals surface area contributed by atoms with Crippen LogP contribution in [-0.4, -0.2) is 4.57 Å². The summed E-state index contributed by atoms with van der Waals surface area (Å²) in [5.41, 5.74) is 21.1. The van der Waals surface area contributed by atoms with Crippen molar-refractivity contribution in [1.82, 2.24) is 4.57 Å². The maximum Gasteiger partial charge on any atom is 0.0714 e. The third-order valence-corrected chi connectivity index (χ3v) is 16.0. The molecule has 0 unspecified atom stereocenters. The van der Waals surface area contributed by atoms with Crippen LogP contribution in [0.3, 0.4) is 0 Å². The first kappa shape index (κ1) is 39.0. The number of nitrogens with zero attached hydrogens (tertiary/aromatic N) is 2. The molecule has 0 amide bonds. The molecule has 2 aliphatic rings. The van der Waals surface area contributed by atoms with E-state index in [0.717, 1.165) is 11.4 Å². The van der Waals surface area contributed by atoms with Crippen LogP contribution < -0.4 is 4.90 Å².